The van der Waals surface area contributed by atoms with Gasteiger partial charge in [0.2, 0.25) is 0 Å². The maximum atomic E-state index is 9.27. The van der Waals surface area contributed by atoms with Crippen LogP contribution >= 0.6 is 11.6 Å². The maximum Gasteiger partial charge on any atom is 0.107 e. The molecule has 1 aromatic carbocycles. The Morgan fingerprint density at radius 1 is 1.38 bits per heavy atom. The Kier molecular flexibility index (Phi) is 3.74. The van der Waals surface area contributed by atoms with Crippen LogP contribution < -0.4 is 0 Å². The number of aliphatic hydroxyl groups excluding tert-OH is 1. The zero-order valence-corrected chi connectivity index (χ0v) is 7.91. The van der Waals surface area contributed by atoms with Gasteiger partial charge in [-0.3, -0.25) is 0 Å². The Morgan fingerprint density at radius 2 is 2.00 bits per heavy atom. The van der Waals surface area contributed by atoms with E-state index in [1.165, 1.54) is 0 Å². The Hall–Kier alpha value is -1.05. The molecule has 0 amide bonds. The van der Waals surface area contributed by atoms with Crippen LogP contribution in [0.2, 0.25) is 0 Å². The van der Waals surface area contributed by atoms with E-state index in [0.717, 1.165) is 5.56 Å². The summed E-state index contributed by atoms with van der Waals surface area (Å²) in [6.45, 7) is 3.43. The normalized spacial score (nSPS) is 13.1. The van der Waals surface area contributed by atoms with Gasteiger partial charge >= 0.3 is 0 Å². The summed E-state index contributed by atoms with van der Waals surface area (Å²) in [4.78, 5) is 0. The predicted molar refractivity (Wildman–Crippen MR) is 56.5 cm³/mol. The minimum atomic E-state index is -0.776. The molecule has 1 aromatic rings. The van der Waals surface area contributed by atoms with Gasteiger partial charge in [-0.2, -0.15) is 0 Å². The van der Waals surface area contributed by atoms with Crippen LogP contribution in [0, 0.1) is 0 Å². The van der Waals surface area contributed by atoms with Gasteiger partial charge in [-0.05, 0) is 5.56 Å². The standard InChI is InChI=1S/C11H11ClO/c1-9(12)11(13)8-7-10-5-3-2-4-6-10/h2-8,11,13H,1H2/b8-7+. The van der Waals surface area contributed by atoms with Crippen LogP contribution in [0.3, 0.4) is 0 Å². The lowest BCUT2D eigenvalue weighted by molar-refractivity contribution is 0.268. The summed E-state index contributed by atoms with van der Waals surface area (Å²) in [5, 5.41) is 9.50. The fourth-order valence-corrected chi connectivity index (χ4v) is 0.944. The van der Waals surface area contributed by atoms with Crippen LogP contribution in [0.1, 0.15) is 5.56 Å². The molecule has 0 spiro atoms. The molecule has 0 bridgehead atoms. The zero-order chi connectivity index (χ0) is 9.68. The summed E-state index contributed by atoms with van der Waals surface area (Å²) < 4.78 is 0. The van der Waals surface area contributed by atoms with Crippen molar-refractivity contribution >= 4 is 17.7 Å². The topological polar surface area (TPSA) is 20.2 Å². The number of hydrogen-bond acceptors (Lipinski definition) is 1. The molecule has 1 atom stereocenters. The third kappa shape index (κ3) is 3.45. The van der Waals surface area contributed by atoms with E-state index in [-0.39, 0.29) is 5.03 Å². The number of benzene rings is 1. The van der Waals surface area contributed by atoms with Gasteiger partial charge in [0.25, 0.3) is 0 Å². The van der Waals surface area contributed by atoms with E-state index in [0.29, 0.717) is 0 Å². The van der Waals surface area contributed by atoms with Crippen molar-refractivity contribution in [1.82, 2.24) is 0 Å². The van der Waals surface area contributed by atoms with Crippen LogP contribution in [-0.4, -0.2) is 11.2 Å². The smallest absolute Gasteiger partial charge is 0.107 e. The number of halogens is 1. The fraction of sp³-hybridized carbons (Fsp3) is 0.0909. The van der Waals surface area contributed by atoms with Gasteiger partial charge in [0.05, 0.1) is 0 Å². The van der Waals surface area contributed by atoms with Gasteiger partial charge < -0.3 is 5.11 Å². The van der Waals surface area contributed by atoms with E-state index in [1.807, 2.05) is 30.3 Å². The second-order valence-electron chi connectivity index (χ2n) is 2.66. The maximum absolute atomic E-state index is 9.27. The van der Waals surface area contributed by atoms with Crippen LogP contribution in [0.15, 0.2) is 48.0 Å². The Morgan fingerprint density at radius 3 is 2.54 bits per heavy atom. The van der Waals surface area contributed by atoms with E-state index < -0.39 is 6.10 Å². The monoisotopic (exact) mass is 194 g/mol. The highest BCUT2D eigenvalue weighted by atomic mass is 35.5. The Labute approximate surface area is 83.0 Å². The summed E-state index contributed by atoms with van der Waals surface area (Å²) >= 11 is 5.50. The molecule has 1 N–H and O–H groups in total. The van der Waals surface area contributed by atoms with Crippen molar-refractivity contribution in [3.05, 3.63) is 53.6 Å². The summed E-state index contributed by atoms with van der Waals surface area (Å²) in [7, 11) is 0. The molecule has 0 aliphatic carbocycles. The largest absolute Gasteiger partial charge is 0.383 e. The van der Waals surface area contributed by atoms with Gasteiger partial charge in [0.15, 0.2) is 0 Å². The lowest BCUT2D eigenvalue weighted by Crippen LogP contribution is -1.99. The van der Waals surface area contributed by atoms with E-state index >= 15 is 0 Å². The summed E-state index contributed by atoms with van der Waals surface area (Å²) in [5.41, 5.74) is 1.03. The summed E-state index contributed by atoms with van der Waals surface area (Å²) in [6.07, 6.45) is 2.63. The molecule has 0 aliphatic heterocycles. The first-order chi connectivity index (χ1) is 6.20. The average molecular weight is 195 g/mol. The van der Waals surface area contributed by atoms with Gasteiger partial charge in [-0.1, -0.05) is 60.7 Å². The fourth-order valence-electron chi connectivity index (χ4n) is 0.871. The Bertz CT molecular complexity index is 303. The van der Waals surface area contributed by atoms with Crippen molar-refractivity contribution < 1.29 is 5.11 Å². The SMILES string of the molecule is C=C(Cl)C(O)/C=C/c1ccccc1. The highest BCUT2D eigenvalue weighted by Crippen LogP contribution is 2.08. The lowest BCUT2D eigenvalue weighted by atomic mass is 10.2. The Balaban J connectivity index is 2.64. The number of hydrogen-bond donors (Lipinski definition) is 1. The highest BCUT2D eigenvalue weighted by Gasteiger charge is 1.99. The lowest BCUT2D eigenvalue weighted by Gasteiger charge is -2.00. The van der Waals surface area contributed by atoms with Gasteiger partial charge in [0.1, 0.15) is 6.10 Å². The molecule has 0 radical (unpaired) electrons. The van der Waals surface area contributed by atoms with E-state index in [1.54, 1.807) is 12.2 Å². The van der Waals surface area contributed by atoms with Crippen molar-refractivity contribution in [1.29, 1.82) is 0 Å². The first-order valence-corrected chi connectivity index (χ1v) is 4.33. The van der Waals surface area contributed by atoms with Crippen molar-refractivity contribution in [3.8, 4) is 0 Å². The van der Waals surface area contributed by atoms with Crippen molar-refractivity contribution in [2.75, 3.05) is 0 Å². The predicted octanol–water partition coefficient (Wildman–Crippen LogP) is 2.81. The second-order valence-corrected chi connectivity index (χ2v) is 3.15. The third-order valence-electron chi connectivity index (χ3n) is 1.59. The minimum Gasteiger partial charge on any atom is -0.383 e. The third-order valence-corrected chi connectivity index (χ3v) is 1.82. The molecule has 0 fully saturated rings. The van der Waals surface area contributed by atoms with Crippen LogP contribution in [0.25, 0.3) is 6.08 Å². The molecular formula is C11H11ClO. The first-order valence-electron chi connectivity index (χ1n) is 3.96. The van der Waals surface area contributed by atoms with Crippen LogP contribution in [0.4, 0.5) is 0 Å². The molecule has 0 heterocycles. The van der Waals surface area contributed by atoms with Gasteiger partial charge in [0, 0.05) is 5.03 Å². The van der Waals surface area contributed by atoms with Crippen LogP contribution in [-0.2, 0) is 0 Å². The highest BCUT2D eigenvalue weighted by molar-refractivity contribution is 6.30. The number of aliphatic hydroxyl groups is 1. The molecule has 1 rings (SSSR count). The molecule has 2 heteroatoms. The van der Waals surface area contributed by atoms with Crippen molar-refractivity contribution in [2.45, 2.75) is 6.10 Å². The molecule has 0 aromatic heterocycles. The molecule has 1 unspecified atom stereocenters. The molecule has 68 valence electrons. The van der Waals surface area contributed by atoms with E-state index in [9.17, 15) is 5.11 Å². The second kappa shape index (κ2) is 4.85. The molecule has 0 saturated carbocycles. The summed E-state index contributed by atoms with van der Waals surface area (Å²) in [6, 6.07) is 9.69. The quantitative estimate of drug-likeness (QED) is 0.785. The van der Waals surface area contributed by atoms with E-state index in [4.69, 9.17) is 11.6 Å². The molecule has 0 aliphatic rings. The van der Waals surface area contributed by atoms with Gasteiger partial charge in [-0.15, -0.1) is 0 Å². The van der Waals surface area contributed by atoms with Crippen molar-refractivity contribution in [3.63, 3.8) is 0 Å². The van der Waals surface area contributed by atoms with Crippen molar-refractivity contribution in [2.24, 2.45) is 0 Å². The first kappa shape index (κ1) is 10.0. The molecule has 0 saturated heterocycles. The zero-order valence-electron chi connectivity index (χ0n) is 7.15. The average Bonchev–Trinajstić information content (AvgIpc) is 2.15. The van der Waals surface area contributed by atoms with Crippen LogP contribution in [0.5, 0.6) is 0 Å². The minimum absolute atomic E-state index is 0.229. The molecule has 1 nitrogen and oxygen atoms in total. The molecular weight excluding hydrogens is 184 g/mol. The number of rotatable bonds is 3. The summed E-state index contributed by atoms with van der Waals surface area (Å²) in [5.74, 6) is 0. The van der Waals surface area contributed by atoms with Gasteiger partial charge in [-0.25, -0.2) is 0 Å². The van der Waals surface area contributed by atoms with E-state index in [2.05, 4.69) is 6.58 Å². The molecule has 13 heavy (non-hydrogen) atoms.